The number of nitrogens with one attached hydrogen (secondary N) is 4. The number of nitrogens with zero attached hydrogens (tertiary/aromatic N) is 4. The molecule has 3 aromatic carbocycles. The predicted octanol–water partition coefficient (Wildman–Crippen LogP) is 8.93. The van der Waals surface area contributed by atoms with E-state index in [1.54, 1.807) is 60.3 Å². The van der Waals surface area contributed by atoms with Crippen molar-refractivity contribution in [3.05, 3.63) is 60.2 Å². The number of aromatic amines is 2. The van der Waals surface area contributed by atoms with Gasteiger partial charge in [-0.1, -0.05) is 52.0 Å². The van der Waals surface area contributed by atoms with Crippen LogP contribution in [0.3, 0.4) is 0 Å². The Morgan fingerprint density at radius 3 is 1.90 bits per heavy atom. The molecule has 5 aromatic rings. The van der Waals surface area contributed by atoms with E-state index in [1.165, 1.54) is 0 Å². The summed E-state index contributed by atoms with van der Waals surface area (Å²) in [6, 6.07) is 12.5. The van der Waals surface area contributed by atoms with Crippen molar-refractivity contribution >= 4 is 56.8 Å². The van der Waals surface area contributed by atoms with E-state index in [-0.39, 0.29) is 23.7 Å². The van der Waals surface area contributed by atoms with Gasteiger partial charge in [-0.3, -0.25) is 9.59 Å². The summed E-state index contributed by atoms with van der Waals surface area (Å²) in [5.74, 6) is -3.61. The third-order valence-corrected chi connectivity index (χ3v) is 11.3. The number of halogens is 2. The first kappa shape index (κ1) is 44.3. The van der Waals surface area contributed by atoms with Crippen molar-refractivity contribution < 1.29 is 37.4 Å². The number of alkyl carbamates (subject to hydrolysis) is 2. The van der Waals surface area contributed by atoms with Crippen LogP contribution in [0.2, 0.25) is 0 Å². The van der Waals surface area contributed by atoms with Crippen molar-refractivity contribution in [1.82, 2.24) is 40.4 Å². The molecular formula is C46H58F2N8O6. The highest BCUT2D eigenvalue weighted by atomic mass is 19.3. The van der Waals surface area contributed by atoms with Crippen LogP contribution in [0.1, 0.15) is 112 Å². The highest BCUT2D eigenvalue weighted by Crippen LogP contribution is 2.42. The molecule has 2 fully saturated rings. The van der Waals surface area contributed by atoms with Crippen molar-refractivity contribution in [2.75, 3.05) is 13.1 Å². The number of imidazole rings is 2. The zero-order valence-electron chi connectivity index (χ0n) is 37.1. The highest BCUT2D eigenvalue weighted by molar-refractivity contribution is 6.05. The summed E-state index contributed by atoms with van der Waals surface area (Å²) in [5.41, 5.74) is 3.07. The molecule has 16 heteroatoms. The largest absolute Gasteiger partial charge is 0.444 e. The topological polar surface area (TPSA) is 175 Å². The van der Waals surface area contributed by atoms with Crippen LogP contribution in [0.25, 0.3) is 44.0 Å². The maximum absolute atomic E-state index is 15.1. The first-order valence-electron chi connectivity index (χ1n) is 21.4. The van der Waals surface area contributed by atoms with Crippen molar-refractivity contribution in [2.24, 2.45) is 11.8 Å². The second-order valence-corrected chi connectivity index (χ2v) is 19.3. The van der Waals surface area contributed by atoms with Gasteiger partial charge < -0.3 is 39.9 Å². The van der Waals surface area contributed by atoms with Gasteiger partial charge in [0.15, 0.2) is 0 Å². The van der Waals surface area contributed by atoms with Crippen LogP contribution in [0.4, 0.5) is 18.4 Å². The van der Waals surface area contributed by atoms with Crippen LogP contribution in [0, 0.1) is 11.8 Å². The zero-order valence-corrected chi connectivity index (χ0v) is 37.1. The summed E-state index contributed by atoms with van der Waals surface area (Å²) < 4.78 is 41.0. The van der Waals surface area contributed by atoms with Crippen LogP contribution in [0.15, 0.2) is 48.5 Å². The summed E-state index contributed by atoms with van der Waals surface area (Å²) >= 11 is 0. The summed E-state index contributed by atoms with van der Waals surface area (Å²) in [5, 5.41) is 7.30. The van der Waals surface area contributed by atoms with E-state index in [4.69, 9.17) is 14.5 Å². The fourth-order valence-corrected chi connectivity index (χ4v) is 8.39. The highest BCUT2D eigenvalue weighted by Gasteiger charge is 2.50. The fraction of sp³-hybridized carbons (Fsp3) is 0.522. The molecule has 0 radical (unpaired) electrons. The predicted molar refractivity (Wildman–Crippen MR) is 232 cm³/mol. The minimum atomic E-state index is -3.16. The van der Waals surface area contributed by atoms with Crippen LogP contribution >= 0.6 is 0 Å². The molecule has 4 amide bonds. The van der Waals surface area contributed by atoms with Gasteiger partial charge in [0.25, 0.3) is 5.92 Å². The average Bonchev–Trinajstić information content (AvgIpc) is 3.97. The number of carbonyl (C=O) groups excluding carboxylic acids is 4. The van der Waals surface area contributed by atoms with Crippen LogP contribution in [0.5, 0.6) is 0 Å². The maximum Gasteiger partial charge on any atom is 0.408 e. The average molecular weight is 857 g/mol. The third-order valence-electron chi connectivity index (χ3n) is 11.3. The summed E-state index contributed by atoms with van der Waals surface area (Å²) in [6.45, 7) is 17.4. The molecule has 4 heterocycles. The molecule has 0 aliphatic carbocycles. The molecule has 14 nitrogen and oxygen atoms in total. The van der Waals surface area contributed by atoms with E-state index in [9.17, 15) is 19.2 Å². The molecule has 2 saturated heterocycles. The molecule has 4 atom stereocenters. The standard InChI is InChI=1S/C46H58F2N8O6/c1-24(2)35(53-42(59)61-44(5,6)7)40(57)55-19-11-12-33(55)38-50-31-18-15-28-20-26(13-16-29(28)37(31)52-38)27-14-17-30-32(21-27)51-39(49-30)34-22-46(47,48)23-56(34)41(58)36(25(3)4)54-43(60)62-45(8,9)10/h13-18,20-21,24-25,33-36H,11-12,19,22-23H2,1-10H3,(H,49,51)(H,50,52)(H,53,59)(H,54,60)/t33-,34-,35?,36?/m0/s1. The Morgan fingerprint density at radius 2 is 1.29 bits per heavy atom. The van der Waals surface area contributed by atoms with Crippen molar-refractivity contribution in [1.29, 1.82) is 0 Å². The third kappa shape index (κ3) is 9.48. The van der Waals surface area contributed by atoms with E-state index in [2.05, 4.69) is 31.7 Å². The quantitative estimate of drug-likeness (QED) is 0.114. The number of H-pyrrole nitrogens is 2. The van der Waals surface area contributed by atoms with Crippen LogP contribution in [-0.2, 0) is 19.1 Å². The molecule has 332 valence electrons. The van der Waals surface area contributed by atoms with E-state index in [1.807, 2.05) is 56.3 Å². The number of hydrogen-bond donors (Lipinski definition) is 4. The number of aromatic nitrogens is 4. The number of hydrogen-bond acceptors (Lipinski definition) is 8. The zero-order chi connectivity index (χ0) is 45.1. The second-order valence-electron chi connectivity index (χ2n) is 19.3. The number of ether oxygens (including phenoxy) is 2. The molecule has 2 unspecified atom stereocenters. The molecule has 7 rings (SSSR count). The van der Waals surface area contributed by atoms with Gasteiger partial charge in [-0.2, -0.15) is 0 Å². The van der Waals surface area contributed by atoms with E-state index >= 15 is 8.78 Å². The van der Waals surface area contributed by atoms with E-state index in [0.29, 0.717) is 23.4 Å². The van der Waals surface area contributed by atoms with Crippen LogP contribution < -0.4 is 10.6 Å². The number of benzene rings is 3. The fourth-order valence-electron chi connectivity index (χ4n) is 8.39. The van der Waals surface area contributed by atoms with Gasteiger partial charge in [0.1, 0.15) is 34.9 Å². The Bertz CT molecular complexity index is 2520. The minimum absolute atomic E-state index is 0.165. The molecule has 2 aliphatic heterocycles. The number of alkyl halides is 2. The molecule has 4 N–H and O–H groups in total. The van der Waals surface area contributed by atoms with Crippen molar-refractivity contribution in [3.8, 4) is 11.1 Å². The molecule has 0 saturated carbocycles. The Balaban J connectivity index is 1.12. The molecule has 2 aliphatic rings. The Hall–Kier alpha value is -5.80. The first-order valence-corrected chi connectivity index (χ1v) is 21.4. The molecule has 2 aromatic heterocycles. The van der Waals surface area contributed by atoms with Crippen molar-refractivity contribution in [3.63, 3.8) is 0 Å². The Labute approximate surface area is 359 Å². The van der Waals surface area contributed by atoms with Gasteiger partial charge in [-0.15, -0.1) is 0 Å². The first-order chi connectivity index (χ1) is 29.0. The second kappa shape index (κ2) is 16.5. The van der Waals surface area contributed by atoms with Gasteiger partial charge in [-0.05, 0) is 107 Å². The van der Waals surface area contributed by atoms with Gasteiger partial charge in [-0.25, -0.2) is 28.3 Å². The lowest BCUT2D eigenvalue weighted by Crippen LogP contribution is -2.52. The van der Waals surface area contributed by atoms with Gasteiger partial charge in [0, 0.05) is 18.4 Å². The number of rotatable bonds is 9. The smallest absolute Gasteiger partial charge is 0.408 e. The van der Waals surface area contributed by atoms with Crippen LogP contribution in [-0.4, -0.2) is 96.0 Å². The Kier molecular flexibility index (Phi) is 11.8. The molecular weight excluding hydrogens is 799 g/mol. The van der Waals surface area contributed by atoms with E-state index < -0.39 is 72.2 Å². The normalized spacial score (nSPS) is 19.1. The lowest BCUT2D eigenvalue weighted by molar-refractivity contribution is -0.137. The lowest BCUT2D eigenvalue weighted by atomic mass is 10.0. The maximum atomic E-state index is 15.1. The molecule has 0 spiro atoms. The number of carbonyl (C=O) groups is 4. The lowest BCUT2D eigenvalue weighted by Gasteiger charge is -2.31. The SMILES string of the molecule is CC(C)C(NC(=O)OC(C)(C)C)C(=O)N1CC(F)(F)C[C@H]1c1nc2ccc(-c3ccc4c(ccc5nc([C@@H]6CCCN6C(=O)C(NC(=O)OC(C)(C)C)C(C)C)[nH]c54)c3)cc2[nH]1. The monoisotopic (exact) mass is 856 g/mol. The molecule has 62 heavy (non-hydrogen) atoms. The number of fused-ring (bicyclic) bond motifs is 4. The van der Waals surface area contributed by atoms with E-state index in [0.717, 1.165) is 50.7 Å². The number of likely N-dealkylation sites (tertiary alicyclic amines) is 2. The summed E-state index contributed by atoms with van der Waals surface area (Å²) in [6.07, 6.45) is -0.522. The summed E-state index contributed by atoms with van der Waals surface area (Å²) in [4.78, 5) is 72.4. The minimum Gasteiger partial charge on any atom is -0.444 e. The van der Waals surface area contributed by atoms with Gasteiger partial charge in [0.2, 0.25) is 11.8 Å². The number of amides is 4. The van der Waals surface area contributed by atoms with Crippen molar-refractivity contribution in [2.45, 2.75) is 130 Å². The Morgan fingerprint density at radius 1 is 0.742 bits per heavy atom. The van der Waals surface area contributed by atoms with Gasteiger partial charge >= 0.3 is 12.2 Å². The van der Waals surface area contributed by atoms with Gasteiger partial charge in [0.05, 0.1) is 40.7 Å². The summed E-state index contributed by atoms with van der Waals surface area (Å²) in [7, 11) is 0. The molecule has 0 bridgehead atoms.